The molecule has 2 aromatic rings. The van der Waals surface area contributed by atoms with Crippen LogP contribution >= 0.6 is 0 Å². The van der Waals surface area contributed by atoms with E-state index >= 15 is 0 Å². The van der Waals surface area contributed by atoms with Gasteiger partial charge in [0.05, 0.1) is 11.5 Å². The molecule has 0 radical (unpaired) electrons. The number of anilines is 1. The molecular weight excluding hydrogens is 348 g/mol. The fourth-order valence-electron chi connectivity index (χ4n) is 2.35. The van der Waals surface area contributed by atoms with Crippen LogP contribution < -0.4 is 14.4 Å². The van der Waals surface area contributed by atoms with Crippen molar-refractivity contribution in [1.29, 1.82) is 0 Å². The number of nitrogens with zero attached hydrogens (tertiary/aromatic N) is 1. The molecule has 0 atom stereocenters. The molecule has 0 fully saturated rings. The maximum Gasteiger partial charge on any atom is 0.240 e. The lowest BCUT2D eigenvalue weighted by Crippen LogP contribution is -2.26. The van der Waals surface area contributed by atoms with Crippen molar-refractivity contribution in [3.8, 4) is 5.75 Å². The van der Waals surface area contributed by atoms with Gasteiger partial charge in [-0.2, -0.15) is 0 Å². The van der Waals surface area contributed by atoms with Crippen LogP contribution in [0.5, 0.6) is 5.75 Å². The van der Waals surface area contributed by atoms with Gasteiger partial charge in [0.25, 0.3) is 0 Å². The summed E-state index contributed by atoms with van der Waals surface area (Å²) in [5.74, 6) is 1.10. The van der Waals surface area contributed by atoms with Crippen molar-refractivity contribution in [2.75, 3.05) is 32.1 Å². The van der Waals surface area contributed by atoms with E-state index in [-0.39, 0.29) is 4.90 Å². The highest BCUT2D eigenvalue weighted by atomic mass is 32.2. The fraction of sp³-hybridized carbons (Fsp3) is 0.400. The van der Waals surface area contributed by atoms with Gasteiger partial charge in [-0.25, -0.2) is 13.1 Å². The zero-order chi connectivity index (χ0) is 19.2. The number of nitrogens with one attached hydrogen (secondary N) is 1. The largest absolute Gasteiger partial charge is 0.493 e. The van der Waals surface area contributed by atoms with Crippen LogP contribution in [-0.2, 0) is 16.4 Å². The van der Waals surface area contributed by atoms with Gasteiger partial charge in [-0.1, -0.05) is 26.0 Å². The van der Waals surface area contributed by atoms with Crippen LogP contribution in [0.4, 0.5) is 5.69 Å². The fourth-order valence-corrected chi connectivity index (χ4v) is 3.38. The molecule has 0 aliphatic rings. The Balaban J connectivity index is 1.89. The molecule has 26 heavy (non-hydrogen) atoms. The van der Waals surface area contributed by atoms with Gasteiger partial charge in [0, 0.05) is 26.3 Å². The number of rotatable bonds is 9. The first-order valence-corrected chi connectivity index (χ1v) is 10.2. The summed E-state index contributed by atoms with van der Waals surface area (Å²) in [5.41, 5.74) is 2.21. The minimum atomic E-state index is -3.51. The highest BCUT2D eigenvalue weighted by Crippen LogP contribution is 2.17. The molecule has 0 aliphatic carbocycles. The number of sulfonamides is 1. The molecular formula is C20H28N2O3S. The third-order valence-corrected chi connectivity index (χ3v) is 5.35. The standard InChI is InChI=1S/C20H28N2O3S/c1-16(2)15-25-19-9-11-20(12-10-19)26(23,24)21-14-13-17-5-7-18(8-6-17)22(3)4/h5-12,16,21H,13-15H2,1-4H3. The molecule has 0 saturated carbocycles. The van der Waals surface area contributed by atoms with Crippen molar-refractivity contribution in [2.45, 2.75) is 25.2 Å². The Bertz CT molecular complexity index is 783. The molecule has 2 rings (SSSR count). The van der Waals surface area contributed by atoms with E-state index in [9.17, 15) is 8.42 Å². The Kier molecular flexibility index (Phi) is 7.06. The summed E-state index contributed by atoms with van der Waals surface area (Å²) in [6.07, 6.45) is 0.641. The van der Waals surface area contributed by atoms with Crippen LogP contribution in [0.1, 0.15) is 19.4 Å². The lowest BCUT2D eigenvalue weighted by Gasteiger charge is -2.13. The summed E-state index contributed by atoms with van der Waals surface area (Å²) in [7, 11) is 0.463. The molecule has 0 bridgehead atoms. The van der Waals surface area contributed by atoms with Gasteiger partial charge in [-0.3, -0.25) is 0 Å². The van der Waals surface area contributed by atoms with Crippen molar-refractivity contribution in [3.05, 3.63) is 54.1 Å². The molecule has 6 heteroatoms. The molecule has 2 aromatic carbocycles. The topological polar surface area (TPSA) is 58.6 Å². The van der Waals surface area contributed by atoms with E-state index in [2.05, 4.69) is 18.6 Å². The molecule has 142 valence electrons. The molecule has 0 amide bonds. The van der Waals surface area contributed by atoms with Crippen molar-refractivity contribution >= 4 is 15.7 Å². The van der Waals surface area contributed by atoms with Crippen LogP contribution in [0.3, 0.4) is 0 Å². The summed E-state index contributed by atoms with van der Waals surface area (Å²) in [6.45, 7) is 5.10. The Morgan fingerprint density at radius 2 is 1.62 bits per heavy atom. The first-order valence-electron chi connectivity index (χ1n) is 8.77. The average Bonchev–Trinajstić information content (AvgIpc) is 2.60. The predicted octanol–water partition coefficient (Wildman–Crippen LogP) is 3.31. The second-order valence-corrected chi connectivity index (χ2v) is 8.65. The first-order chi connectivity index (χ1) is 12.3. The summed E-state index contributed by atoms with van der Waals surface area (Å²) >= 11 is 0. The lowest BCUT2D eigenvalue weighted by molar-refractivity contribution is 0.271. The summed E-state index contributed by atoms with van der Waals surface area (Å²) in [6, 6.07) is 14.6. The van der Waals surface area contributed by atoms with Gasteiger partial charge in [0.2, 0.25) is 10.0 Å². The third-order valence-electron chi connectivity index (χ3n) is 3.88. The SMILES string of the molecule is CC(C)COc1ccc(S(=O)(=O)NCCc2ccc(N(C)C)cc2)cc1. The highest BCUT2D eigenvalue weighted by Gasteiger charge is 2.13. The summed E-state index contributed by atoms with van der Waals surface area (Å²) in [5, 5.41) is 0. The molecule has 0 spiro atoms. The van der Waals surface area contributed by atoms with Crippen LogP contribution in [-0.4, -0.2) is 35.7 Å². The predicted molar refractivity (Wildman–Crippen MR) is 106 cm³/mol. The van der Waals surface area contributed by atoms with E-state index < -0.39 is 10.0 Å². The van der Waals surface area contributed by atoms with Crippen LogP contribution in [0.15, 0.2) is 53.4 Å². The Morgan fingerprint density at radius 3 is 2.15 bits per heavy atom. The van der Waals surface area contributed by atoms with E-state index in [0.717, 1.165) is 11.3 Å². The molecule has 1 N–H and O–H groups in total. The summed E-state index contributed by atoms with van der Waals surface area (Å²) < 4.78 is 33.0. The number of ether oxygens (including phenoxy) is 1. The Hall–Kier alpha value is -2.05. The third kappa shape index (κ3) is 6.04. The second-order valence-electron chi connectivity index (χ2n) is 6.88. The molecule has 0 aromatic heterocycles. The average molecular weight is 377 g/mol. The highest BCUT2D eigenvalue weighted by molar-refractivity contribution is 7.89. The maximum absolute atomic E-state index is 12.4. The smallest absolute Gasteiger partial charge is 0.240 e. The Labute approximate surface area is 157 Å². The maximum atomic E-state index is 12.4. The molecule has 0 saturated heterocycles. The monoisotopic (exact) mass is 376 g/mol. The second kappa shape index (κ2) is 9.05. The number of hydrogen-bond donors (Lipinski definition) is 1. The van der Waals surface area contributed by atoms with E-state index in [0.29, 0.717) is 31.2 Å². The van der Waals surface area contributed by atoms with Gasteiger partial charge >= 0.3 is 0 Å². The van der Waals surface area contributed by atoms with Gasteiger partial charge in [-0.05, 0) is 54.3 Å². The number of benzene rings is 2. The van der Waals surface area contributed by atoms with Crippen molar-refractivity contribution in [3.63, 3.8) is 0 Å². The Morgan fingerprint density at radius 1 is 1.00 bits per heavy atom. The quantitative estimate of drug-likeness (QED) is 0.729. The zero-order valence-electron chi connectivity index (χ0n) is 15.9. The molecule has 0 heterocycles. The van der Waals surface area contributed by atoms with Crippen LogP contribution in [0, 0.1) is 5.92 Å². The van der Waals surface area contributed by atoms with Crippen molar-refractivity contribution < 1.29 is 13.2 Å². The minimum Gasteiger partial charge on any atom is -0.493 e. The minimum absolute atomic E-state index is 0.248. The van der Waals surface area contributed by atoms with Gasteiger partial charge < -0.3 is 9.64 Å². The van der Waals surface area contributed by atoms with Gasteiger partial charge in [-0.15, -0.1) is 0 Å². The van der Waals surface area contributed by atoms with E-state index in [1.54, 1.807) is 24.3 Å². The van der Waals surface area contributed by atoms with Gasteiger partial charge in [0.1, 0.15) is 5.75 Å². The van der Waals surface area contributed by atoms with Crippen molar-refractivity contribution in [1.82, 2.24) is 4.72 Å². The van der Waals surface area contributed by atoms with Crippen LogP contribution in [0.2, 0.25) is 0 Å². The van der Waals surface area contributed by atoms with E-state index in [1.165, 1.54) is 0 Å². The summed E-state index contributed by atoms with van der Waals surface area (Å²) in [4.78, 5) is 2.28. The van der Waals surface area contributed by atoms with Crippen molar-refractivity contribution in [2.24, 2.45) is 5.92 Å². The van der Waals surface area contributed by atoms with Crippen LogP contribution in [0.25, 0.3) is 0 Å². The molecule has 0 aliphatic heterocycles. The van der Waals surface area contributed by atoms with Gasteiger partial charge in [0.15, 0.2) is 0 Å². The first kappa shape index (κ1) is 20.3. The number of hydrogen-bond acceptors (Lipinski definition) is 4. The normalized spacial score (nSPS) is 11.6. The lowest BCUT2D eigenvalue weighted by atomic mass is 10.1. The molecule has 5 nitrogen and oxygen atoms in total. The molecule has 0 unspecified atom stereocenters. The van der Waals surface area contributed by atoms with E-state index in [4.69, 9.17) is 4.74 Å². The zero-order valence-corrected chi connectivity index (χ0v) is 16.7. The van der Waals surface area contributed by atoms with E-state index in [1.807, 2.05) is 43.3 Å².